The van der Waals surface area contributed by atoms with Crippen molar-refractivity contribution < 1.29 is 10.2 Å². The third-order valence-corrected chi connectivity index (χ3v) is 4.06. The van der Waals surface area contributed by atoms with Crippen LogP contribution in [0.3, 0.4) is 0 Å². The molecule has 0 radical (unpaired) electrons. The van der Waals surface area contributed by atoms with Gasteiger partial charge in [0.25, 0.3) is 0 Å². The Kier molecular flexibility index (Phi) is 3.61. The van der Waals surface area contributed by atoms with Gasteiger partial charge in [-0.25, -0.2) is 0 Å². The fraction of sp³-hybridized carbons (Fsp3) is 0.500. The van der Waals surface area contributed by atoms with E-state index in [0.717, 1.165) is 11.3 Å². The Morgan fingerprint density at radius 1 is 1.44 bits per heavy atom. The molecule has 1 heterocycles. The molecule has 2 rings (SSSR count). The molecule has 0 aromatic heterocycles. The first-order chi connectivity index (χ1) is 7.66. The second-order valence-electron chi connectivity index (χ2n) is 4.19. The van der Waals surface area contributed by atoms with E-state index in [9.17, 15) is 10.2 Å². The van der Waals surface area contributed by atoms with Crippen molar-refractivity contribution in [2.45, 2.75) is 25.4 Å². The fourth-order valence-electron chi connectivity index (χ4n) is 2.01. The molecule has 3 nitrogen and oxygen atoms in total. The lowest BCUT2D eigenvalue weighted by atomic mass is 10.1. The number of aromatic hydroxyl groups is 2. The van der Waals surface area contributed by atoms with Gasteiger partial charge in [0, 0.05) is 29.5 Å². The van der Waals surface area contributed by atoms with E-state index in [1.807, 2.05) is 18.7 Å². The molecule has 1 aromatic rings. The lowest BCUT2D eigenvalue weighted by Crippen LogP contribution is -2.31. The number of rotatable bonds is 3. The summed E-state index contributed by atoms with van der Waals surface area (Å²) in [6, 6.07) is 5.41. The van der Waals surface area contributed by atoms with Crippen LogP contribution in [-0.2, 0) is 0 Å². The largest absolute Gasteiger partial charge is 0.508 e. The van der Waals surface area contributed by atoms with E-state index in [2.05, 4.69) is 5.32 Å². The lowest BCUT2D eigenvalue weighted by Gasteiger charge is -2.20. The van der Waals surface area contributed by atoms with Crippen LogP contribution < -0.4 is 5.32 Å². The Balaban J connectivity index is 2.04. The second-order valence-corrected chi connectivity index (χ2v) is 5.34. The van der Waals surface area contributed by atoms with Gasteiger partial charge in [0.1, 0.15) is 11.5 Å². The first kappa shape index (κ1) is 11.6. The van der Waals surface area contributed by atoms with Crippen molar-refractivity contribution in [1.82, 2.24) is 5.32 Å². The van der Waals surface area contributed by atoms with E-state index in [4.69, 9.17) is 0 Å². The minimum absolute atomic E-state index is 0.102. The third kappa shape index (κ3) is 2.62. The average molecular weight is 239 g/mol. The van der Waals surface area contributed by atoms with Crippen LogP contribution >= 0.6 is 11.8 Å². The zero-order valence-corrected chi connectivity index (χ0v) is 10.1. The SMILES string of the molecule is CC(NC1CCSC1)c1ccc(O)cc1O. The van der Waals surface area contributed by atoms with Crippen LogP contribution in [0.5, 0.6) is 11.5 Å². The summed E-state index contributed by atoms with van der Waals surface area (Å²) in [5, 5.41) is 22.4. The van der Waals surface area contributed by atoms with Gasteiger partial charge in [-0.3, -0.25) is 0 Å². The molecule has 1 aliphatic rings. The van der Waals surface area contributed by atoms with Crippen molar-refractivity contribution in [2.24, 2.45) is 0 Å². The minimum atomic E-state index is 0.102. The standard InChI is InChI=1S/C12H17NO2S/c1-8(13-9-4-5-16-7-9)11-3-2-10(14)6-12(11)15/h2-3,6,8-9,13-15H,4-5,7H2,1H3. The fourth-order valence-corrected chi connectivity index (χ4v) is 3.17. The Morgan fingerprint density at radius 3 is 2.88 bits per heavy atom. The van der Waals surface area contributed by atoms with Crippen molar-refractivity contribution in [3.63, 3.8) is 0 Å². The number of hydrogen-bond acceptors (Lipinski definition) is 4. The van der Waals surface area contributed by atoms with Gasteiger partial charge < -0.3 is 15.5 Å². The van der Waals surface area contributed by atoms with Crippen LogP contribution in [0.1, 0.15) is 24.9 Å². The Morgan fingerprint density at radius 2 is 2.25 bits per heavy atom. The number of phenolic OH excluding ortho intramolecular Hbond substituents is 2. The zero-order valence-electron chi connectivity index (χ0n) is 9.31. The van der Waals surface area contributed by atoms with Gasteiger partial charge in [-0.15, -0.1) is 0 Å². The summed E-state index contributed by atoms with van der Waals surface area (Å²) in [5.74, 6) is 2.62. The maximum Gasteiger partial charge on any atom is 0.124 e. The predicted molar refractivity (Wildman–Crippen MR) is 67.1 cm³/mol. The molecular formula is C12H17NO2S. The van der Waals surface area contributed by atoms with Crippen LogP contribution in [0, 0.1) is 0 Å². The highest BCUT2D eigenvalue weighted by Crippen LogP contribution is 2.29. The summed E-state index contributed by atoms with van der Waals surface area (Å²) in [6.45, 7) is 2.04. The Labute approximate surface area is 99.9 Å². The Bertz CT molecular complexity index is 364. The van der Waals surface area contributed by atoms with Crippen molar-refractivity contribution in [2.75, 3.05) is 11.5 Å². The van der Waals surface area contributed by atoms with Crippen molar-refractivity contribution in [1.29, 1.82) is 0 Å². The zero-order chi connectivity index (χ0) is 11.5. The van der Waals surface area contributed by atoms with Gasteiger partial charge in [-0.1, -0.05) is 6.07 Å². The Hall–Kier alpha value is -0.870. The van der Waals surface area contributed by atoms with Gasteiger partial charge in [0.2, 0.25) is 0 Å². The molecule has 1 saturated heterocycles. The number of nitrogens with one attached hydrogen (secondary N) is 1. The number of benzene rings is 1. The molecule has 2 unspecified atom stereocenters. The smallest absolute Gasteiger partial charge is 0.124 e. The summed E-state index contributed by atoms with van der Waals surface area (Å²) >= 11 is 1.96. The summed E-state index contributed by atoms with van der Waals surface area (Å²) in [7, 11) is 0. The quantitative estimate of drug-likeness (QED) is 0.757. The summed E-state index contributed by atoms with van der Waals surface area (Å²) in [6.07, 6.45) is 1.19. The highest BCUT2D eigenvalue weighted by atomic mass is 32.2. The topological polar surface area (TPSA) is 52.5 Å². The molecule has 3 N–H and O–H groups in total. The molecule has 1 aromatic carbocycles. The first-order valence-electron chi connectivity index (χ1n) is 5.52. The second kappa shape index (κ2) is 4.97. The van der Waals surface area contributed by atoms with Crippen molar-refractivity contribution >= 4 is 11.8 Å². The molecule has 0 bridgehead atoms. The van der Waals surface area contributed by atoms with Crippen LogP contribution in [0.4, 0.5) is 0 Å². The van der Waals surface area contributed by atoms with Crippen molar-refractivity contribution in [3.05, 3.63) is 23.8 Å². The maximum atomic E-state index is 9.73. The van der Waals surface area contributed by atoms with E-state index < -0.39 is 0 Å². The van der Waals surface area contributed by atoms with Gasteiger partial charge >= 0.3 is 0 Å². The molecule has 1 fully saturated rings. The summed E-state index contributed by atoms with van der Waals surface area (Å²) < 4.78 is 0. The highest BCUT2D eigenvalue weighted by Gasteiger charge is 2.19. The van der Waals surface area contributed by atoms with Crippen LogP contribution in [0.15, 0.2) is 18.2 Å². The minimum Gasteiger partial charge on any atom is -0.508 e. The molecule has 0 spiro atoms. The maximum absolute atomic E-state index is 9.73. The number of hydrogen-bond donors (Lipinski definition) is 3. The predicted octanol–water partition coefficient (Wildman–Crippen LogP) is 2.25. The molecule has 0 saturated carbocycles. The van der Waals surface area contributed by atoms with Crippen LogP contribution in [0.2, 0.25) is 0 Å². The number of thioether (sulfide) groups is 1. The third-order valence-electron chi connectivity index (χ3n) is 2.90. The molecule has 0 aliphatic carbocycles. The average Bonchev–Trinajstić information content (AvgIpc) is 2.70. The van der Waals surface area contributed by atoms with E-state index in [-0.39, 0.29) is 17.5 Å². The molecular weight excluding hydrogens is 222 g/mol. The molecule has 2 atom stereocenters. The van der Waals surface area contributed by atoms with Crippen LogP contribution in [-0.4, -0.2) is 27.8 Å². The summed E-state index contributed by atoms with van der Waals surface area (Å²) in [5.41, 5.74) is 0.842. The highest BCUT2D eigenvalue weighted by molar-refractivity contribution is 7.99. The lowest BCUT2D eigenvalue weighted by molar-refractivity contribution is 0.426. The summed E-state index contributed by atoms with van der Waals surface area (Å²) in [4.78, 5) is 0. The number of phenols is 2. The molecule has 0 amide bonds. The molecule has 4 heteroatoms. The van der Waals surface area contributed by atoms with Crippen molar-refractivity contribution in [3.8, 4) is 11.5 Å². The van der Waals surface area contributed by atoms with E-state index in [0.29, 0.717) is 6.04 Å². The molecule has 1 aliphatic heterocycles. The van der Waals surface area contributed by atoms with Crippen LogP contribution in [0.25, 0.3) is 0 Å². The van der Waals surface area contributed by atoms with E-state index in [1.165, 1.54) is 18.2 Å². The first-order valence-corrected chi connectivity index (χ1v) is 6.68. The van der Waals surface area contributed by atoms with Gasteiger partial charge in [0.15, 0.2) is 0 Å². The van der Waals surface area contributed by atoms with E-state index in [1.54, 1.807) is 12.1 Å². The molecule has 88 valence electrons. The molecule has 16 heavy (non-hydrogen) atoms. The van der Waals surface area contributed by atoms with Gasteiger partial charge in [-0.05, 0) is 25.2 Å². The van der Waals surface area contributed by atoms with Gasteiger partial charge in [0.05, 0.1) is 0 Å². The van der Waals surface area contributed by atoms with Gasteiger partial charge in [-0.2, -0.15) is 11.8 Å². The normalized spacial score (nSPS) is 22.2. The monoisotopic (exact) mass is 239 g/mol. The van der Waals surface area contributed by atoms with E-state index >= 15 is 0 Å².